The maximum atomic E-state index is 10.8. The SMILES string of the molecule is CC(C)(C)[C@@H]1CCc2c(sc(N=Cc3cc([N+](=O)[O-])cs3)c2C#N)C1. The van der Waals surface area contributed by atoms with Crippen LogP contribution in [0.3, 0.4) is 0 Å². The number of nitrogens with zero attached hydrogens (tertiary/aromatic N) is 3. The van der Waals surface area contributed by atoms with Crippen LogP contribution in [0, 0.1) is 32.8 Å². The van der Waals surface area contributed by atoms with Crippen LogP contribution >= 0.6 is 22.7 Å². The van der Waals surface area contributed by atoms with Crippen LogP contribution in [0.5, 0.6) is 0 Å². The quantitative estimate of drug-likeness (QED) is 0.405. The molecule has 1 atom stereocenters. The lowest BCUT2D eigenvalue weighted by Crippen LogP contribution is -2.26. The molecule has 2 aromatic heterocycles. The van der Waals surface area contributed by atoms with Crippen molar-refractivity contribution in [3.63, 3.8) is 0 Å². The molecule has 1 aliphatic carbocycles. The molecule has 0 saturated heterocycles. The molecule has 7 heteroatoms. The van der Waals surface area contributed by atoms with Gasteiger partial charge in [-0.15, -0.1) is 22.7 Å². The van der Waals surface area contributed by atoms with Crippen LogP contribution in [0.4, 0.5) is 10.7 Å². The first-order valence-corrected chi connectivity index (χ1v) is 9.81. The van der Waals surface area contributed by atoms with E-state index in [0.717, 1.165) is 34.7 Å². The average Bonchev–Trinajstić information content (AvgIpc) is 3.15. The van der Waals surface area contributed by atoms with Gasteiger partial charge < -0.3 is 0 Å². The highest BCUT2D eigenvalue weighted by molar-refractivity contribution is 7.16. The van der Waals surface area contributed by atoms with Crippen molar-refractivity contribution < 1.29 is 4.92 Å². The highest BCUT2D eigenvalue weighted by Gasteiger charge is 2.32. The van der Waals surface area contributed by atoms with Crippen molar-refractivity contribution in [2.24, 2.45) is 16.3 Å². The van der Waals surface area contributed by atoms with Gasteiger partial charge >= 0.3 is 0 Å². The average molecular weight is 374 g/mol. The summed E-state index contributed by atoms with van der Waals surface area (Å²) in [5.41, 5.74) is 2.16. The molecule has 0 amide bonds. The van der Waals surface area contributed by atoms with Crippen molar-refractivity contribution in [2.45, 2.75) is 40.0 Å². The summed E-state index contributed by atoms with van der Waals surface area (Å²) < 4.78 is 0. The van der Waals surface area contributed by atoms with Crippen molar-refractivity contribution >= 4 is 39.6 Å². The van der Waals surface area contributed by atoms with Gasteiger partial charge in [-0.1, -0.05) is 20.8 Å². The van der Waals surface area contributed by atoms with E-state index in [9.17, 15) is 15.4 Å². The Morgan fingerprint density at radius 3 is 2.84 bits per heavy atom. The molecule has 2 aromatic rings. The molecular weight excluding hydrogens is 354 g/mol. The van der Waals surface area contributed by atoms with Crippen LogP contribution in [0.2, 0.25) is 0 Å². The minimum atomic E-state index is -0.412. The zero-order chi connectivity index (χ0) is 18.2. The molecule has 0 unspecified atom stereocenters. The Labute approximate surface area is 154 Å². The van der Waals surface area contributed by atoms with Crippen LogP contribution < -0.4 is 0 Å². The summed E-state index contributed by atoms with van der Waals surface area (Å²) in [5, 5.41) is 22.5. The van der Waals surface area contributed by atoms with Gasteiger partial charge in [0.25, 0.3) is 5.69 Å². The largest absolute Gasteiger partial charge is 0.280 e. The second-order valence-corrected chi connectivity index (χ2v) is 9.35. The van der Waals surface area contributed by atoms with E-state index in [4.69, 9.17) is 0 Å². The molecule has 0 bridgehead atoms. The van der Waals surface area contributed by atoms with E-state index >= 15 is 0 Å². The number of nitro groups is 1. The van der Waals surface area contributed by atoms with Gasteiger partial charge in [0.2, 0.25) is 0 Å². The van der Waals surface area contributed by atoms with Crippen molar-refractivity contribution in [1.82, 2.24) is 0 Å². The molecule has 0 N–H and O–H groups in total. The smallest absolute Gasteiger partial charge is 0.258 e. The molecule has 0 spiro atoms. The number of rotatable bonds is 3. The van der Waals surface area contributed by atoms with Crippen molar-refractivity contribution in [1.29, 1.82) is 5.26 Å². The zero-order valence-corrected chi connectivity index (χ0v) is 16.0. The number of hydrogen-bond donors (Lipinski definition) is 0. The first kappa shape index (κ1) is 17.8. The Bertz CT molecular complexity index is 881. The Morgan fingerprint density at radius 2 is 2.24 bits per heavy atom. The standard InChI is InChI=1S/C18H19N3O2S2/c1-18(2,3)11-4-5-14-15(8-19)17(25-16(14)6-11)20-9-13-7-12(10-24-13)21(22)23/h7,9-11H,4-6H2,1-3H3/t11-/m1/s1. The zero-order valence-electron chi connectivity index (χ0n) is 14.4. The third-order valence-electron chi connectivity index (χ3n) is 4.71. The van der Waals surface area contributed by atoms with E-state index in [-0.39, 0.29) is 11.1 Å². The minimum absolute atomic E-state index is 0.0745. The summed E-state index contributed by atoms with van der Waals surface area (Å²) in [5.74, 6) is 0.613. The van der Waals surface area contributed by atoms with Crippen LogP contribution in [-0.2, 0) is 12.8 Å². The van der Waals surface area contributed by atoms with E-state index < -0.39 is 4.92 Å². The first-order chi connectivity index (χ1) is 11.8. The first-order valence-electron chi connectivity index (χ1n) is 8.11. The second-order valence-electron chi connectivity index (χ2n) is 7.32. The normalized spacial score (nSPS) is 17.4. The number of thiophene rings is 2. The number of nitriles is 1. The molecule has 3 rings (SSSR count). The summed E-state index contributed by atoms with van der Waals surface area (Å²) in [6.45, 7) is 6.80. The summed E-state index contributed by atoms with van der Waals surface area (Å²) in [6, 6.07) is 3.81. The Balaban J connectivity index is 1.88. The Morgan fingerprint density at radius 1 is 1.48 bits per heavy atom. The van der Waals surface area contributed by atoms with E-state index in [1.165, 1.54) is 27.7 Å². The molecule has 0 aromatic carbocycles. The highest BCUT2D eigenvalue weighted by Crippen LogP contribution is 2.44. The highest BCUT2D eigenvalue weighted by atomic mass is 32.1. The fourth-order valence-corrected chi connectivity index (χ4v) is 5.08. The van der Waals surface area contributed by atoms with Gasteiger partial charge in [0.15, 0.2) is 0 Å². The topological polar surface area (TPSA) is 79.3 Å². The summed E-state index contributed by atoms with van der Waals surface area (Å²) in [6.07, 6.45) is 4.65. The van der Waals surface area contributed by atoms with Crippen LogP contribution in [-0.4, -0.2) is 11.1 Å². The van der Waals surface area contributed by atoms with Gasteiger partial charge in [0.1, 0.15) is 11.1 Å². The maximum absolute atomic E-state index is 10.8. The molecule has 0 radical (unpaired) electrons. The number of aliphatic imine (C=N–C) groups is 1. The minimum Gasteiger partial charge on any atom is -0.258 e. The monoisotopic (exact) mass is 373 g/mol. The van der Waals surface area contributed by atoms with E-state index in [1.54, 1.807) is 17.6 Å². The third kappa shape index (κ3) is 3.65. The van der Waals surface area contributed by atoms with Gasteiger partial charge in [0, 0.05) is 17.2 Å². The molecule has 5 nitrogen and oxygen atoms in total. The Kier molecular flexibility index (Phi) is 4.76. The predicted molar refractivity (Wildman–Crippen MR) is 102 cm³/mol. The molecule has 25 heavy (non-hydrogen) atoms. The summed E-state index contributed by atoms with van der Waals surface area (Å²) in [4.78, 5) is 16.8. The number of fused-ring (bicyclic) bond motifs is 1. The van der Waals surface area contributed by atoms with E-state index in [1.807, 2.05) is 0 Å². The van der Waals surface area contributed by atoms with Crippen molar-refractivity contribution in [3.05, 3.63) is 42.4 Å². The van der Waals surface area contributed by atoms with Crippen molar-refractivity contribution in [3.8, 4) is 6.07 Å². The lowest BCUT2D eigenvalue weighted by atomic mass is 9.72. The summed E-state index contributed by atoms with van der Waals surface area (Å²) in [7, 11) is 0. The van der Waals surface area contributed by atoms with Crippen LogP contribution in [0.1, 0.15) is 48.1 Å². The molecule has 0 aliphatic heterocycles. The lowest BCUT2D eigenvalue weighted by molar-refractivity contribution is -0.384. The molecule has 0 saturated carbocycles. The van der Waals surface area contributed by atoms with E-state index in [0.29, 0.717) is 11.5 Å². The molecular formula is C18H19N3O2S2. The lowest BCUT2D eigenvalue weighted by Gasteiger charge is -2.33. The predicted octanol–water partition coefficient (Wildman–Crippen LogP) is 5.49. The second kappa shape index (κ2) is 6.70. The van der Waals surface area contributed by atoms with Crippen LogP contribution in [0.25, 0.3) is 0 Å². The molecule has 2 heterocycles. The summed E-state index contributed by atoms with van der Waals surface area (Å²) >= 11 is 2.87. The number of hydrogen-bond acceptors (Lipinski definition) is 6. The molecule has 130 valence electrons. The van der Waals surface area contributed by atoms with Crippen LogP contribution in [0.15, 0.2) is 16.4 Å². The fraction of sp³-hybridized carbons (Fsp3) is 0.444. The fourth-order valence-electron chi connectivity index (χ4n) is 3.14. The van der Waals surface area contributed by atoms with Gasteiger partial charge in [-0.25, -0.2) is 4.99 Å². The van der Waals surface area contributed by atoms with Gasteiger partial charge in [-0.2, -0.15) is 5.26 Å². The maximum Gasteiger partial charge on any atom is 0.280 e. The van der Waals surface area contributed by atoms with Gasteiger partial charge in [-0.05, 0) is 36.2 Å². The van der Waals surface area contributed by atoms with Gasteiger partial charge in [0.05, 0.1) is 20.7 Å². The Hall–Kier alpha value is -2.04. The molecule has 0 fully saturated rings. The van der Waals surface area contributed by atoms with Gasteiger partial charge in [-0.3, -0.25) is 10.1 Å². The van der Waals surface area contributed by atoms with Crippen molar-refractivity contribution in [2.75, 3.05) is 0 Å². The van der Waals surface area contributed by atoms with E-state index in [2.05, 4.69) is 31.8 Å². The third-order valence-corrected chi connectivity index (χ3v) is 6.73. The molecule has 1 aliphatic rings.